The summed E-state index contributed by atoms with van der Waals surface area (Å²) in [6.45, 7) is 3.88. The first-order chi connectivity index (χ1) is 12.0. The van der Waals surface area contributed by atoms with Crippen molar-refractivity contribution < 1.29 is 9.53 Å². The van der Waals surface area contributed by atoms with Crippen LogP contribution in [0.1, 0.15) is 20.8 Å². The molecule has 4 nitrogen and oxygen atoms in total. The third-order valence-electron chi connectivity index (χ3n) is 4.04. The highest BCUT2D eigenvalue weighted by atomic mass is 32.1. The summed E-state index contributed by atoms with van der Waals surface area (Å²) < 4.78 is 4.89. The molecule has 0 spiro atoms. The minimum Gasteiger partial charge on any atom is -0.465 e. The van der Waals surface area contributed by atoms with Crippen molar-refractivity contribution in [1.82, 2.24) is 0 Å². The van der Waals surface area contributed by atoms with E-state index in [0.717, 1.165) is 26.9 Å². The van der Waals surface area contributed by atoms with Crippen LogP contribution in [0.15, 0.2) is 42.5 Å². The third-order valence-corrected chi connectivity index (χ3v) is 5.37. The number of hydrogen-bond acceptors (Lipinski definition) is 4. The smallest absolute Gasteiger partial charge is 0.341 e. The zero-order valence-corrected chi connectivity index (χ0v) is 15.8. The molecule has 3 aromatic rings. The molecule has 2 N–H and O–H groups in total. The standard InChI is InChI=1S/C19H18N2O2S2/c1-11-12(2)25-17(16(11)18(22)23-3)21-19(24)20-15-10-6-8-13-7-4-5-9-14(13)15/h4-10H,1-3H3,(H2,20,21,24). The predicted molar refractivity (Wildman–Crippen MR) is 109 cm³/mol. The highest BCUT2D eigenvalue weighted by Crippen LogP contribution is 2.33. The number of nitrogens with one attached hydrogen (secondary N) is 2. The monoisotopic (exact) mass is 370 g/mol. The van der Waals surface area contributed by atoms with Crippen LogP contribution in [0.5, 0.6) is 0 Å². The number of hydrogen-bond donors (Lipinski definition) is 2. The van der Waals surface area contributed by atoms with Gasteiger partial charge in [-0.05, 0) is 43.1 Å². The molecule has 1 heterocycles. The van der Waals surface area contributed by atoms with Gasteiger partial charge in [0.2, 0.25) is 0 Å². The SMILES string of the molecule is COC(=O)c1c(NC(=S)Nc2cccc3ccccc23)sc(C)c1C. The lowest BCUT2D eigenvalue weighted by Gasteiger charge is -2.12. The molecule has 0 aliphatic heterocycles. The maximum Gasteiger partial charge on any atom is 0.341 e. The molecule has 0 saturated carbocycles. The van der Waals surface area contributed by atoms with Gasteiger partial charge in [-0.25, -0.2) is 4.79 Å². The van der Waals surface area contributed by atoms with E-state index >= 15 is 0 Å². The van der Waals surface area contributed by atoms with E-state index in [1.54, 1.807) is 0 Å². The van der Waals surface area contributed by atoms with Crippen LogP contribution in [0.3, 0.4) is 0 Å². The van der Waals surface area contributed by atoms with Gasteiger partial charge in [0.25, 0.3) is 0 Å². The van der Waals surface area contributed by atoms with Gasteiger partial charge < -0.3 is 15.4 Å². The van der Waals surface area contributed by atoms with Crippen LogP contribution in [0.25, 0.3) is 10.8 Å². The number of benzene rings is 2. The van der Waals surface area contributed by atoms with Crippen LogP contribution >= 0.6 is 23.6 Å². The molecule has 0 amide bonds. The number of ether oxygens (including phenoxy) is 1. The molecular weight excluding hydrogens is 352 g/mol. The Balaban J connectivity index is 1.86. The summed E-state index contributed by atoms with van der Waals surface area (Å²) in [4.78, 5) is 13.1. The maximum atomic E-state index is 12.1. The molecule has 0 aliphatic carbocycles. The van der Waals surface area contributed by atoms with Crippen LogP contribution in [0, 0.1) is 13.8 Å². The largest absolute Gasteiger partial charge is 0.465 e. The number of carbonyl (C=O) groups excluding carboxylic acids is 1. The first kappa shape index (κ1) is 17.4. The van der Waals surface area contributed by atoms with E-state index in [9.17, 15) is 4.79 Å². The van der Waals surface area contributed by atoms with Gasteiger partial charge >= 0.3 is 5.97 Å². The summed E-state index contributed by atoms with van der Waals surface area (Å²) in [6.07, 6.45) is 0. The van der Waals surface area contributed by atoms with Crippen molar-refractivity contribution in [2.75, 3.05) is 17.7 Å². The second-order valence-corrected chi connectivity index (χ2v) is 7.22. The first-order valence-corrected chi connectivity index (χ1v) is 8.97. The molecule has 128 valence electrons. The van der Waals surface area contributed by atoms with E-state index in [1.807, 2.05) is 44.2 Å². The van der Waals surface area contributed by atoms with E-state index in [4.69, 9.17) is 17.0 Å². The number of esters is 1. The maximum absolute atomic E-state index is 12.1. The van der Waals surface area contributed by atoms with Gasteiger partial charge in [0.05, 0.1) is 12.7 Å². The average molecular weight is 370 g/mol. The van der Waals surface area contributed by atoms with Gasteiger partial charge in [0, 0.05) is 16.0 Å². The lowest BCUT2D eigenvalue weighted by molar-refractivity contribution is 0.0601. The number of methoxy groups -OCH3 is 1. The molecule has 0 unspecified atom stereocenters. The molecule has 6 heteroatoms. The molecule has 3 rings (SSSR count). The van der Waals surface area contributed by atoms with Gasteiger partial charge in [-0.15, -0.1) is 11.3 Å². The van der Waals surface area contributed by atoms with Gasteiger partial charge in [0.15, 0.2) is 5.11 Å². The Kier molecular flexibility index (Phi) is 5.01. The highest BCUT2D eigenvalue weighted by molar-refractivity contribution is 7.80. The van der Waals surface area contributed by atoms with Crippen molar-refractivity contribution >= 4 is 56.1 Å². The zero-order chi connectivity index (χ0) is 18.0. The molecule has 1 aromatic heterocycles. The Hall–Kier alpha value is -2.44. The van der Waals surface area contributed by atoms with Gasteiger partial charge in [-0.3, -0.25) is 0 Å². The van der Waals surface area contributed by atoms with E-state index in [2.05, 4.69) is 22.8 Å². The minimum atomic E-state index is -0.364. The first-order valence-electron chi connectivity index (χ1n) is 7.75. The van der Waals surface area contributed by atoms with Crippen molar-refractivity contribution in [3.8, 4) is 0 Å². The minimum absolute atomic E-state index is 0.364. The number of aryl methyl sites for hydroxylation is 1. The Morgan fingerprint density at radius 2 is 1.80 bits per heavy atom. The summed E-state index contributed by atoms with van der Waals surface area (Å²) in [5.41, 5.74) is 2.36. The van der Waals surface area contributed by atoms with Crippen molar-refractivity contribution in [2.45, 2.75) is 13.8 Å². The summed E-state index contributed by atoms with van der Waals surface area (Å²) in [6, 6.07) is 14.1. The number of carbonyl (C=O) groups is 1. The second-order valence-electron chi connectivity index (χ2n) is 5.58. The van der Waals surface area contributed by atoms with Crippen molar-refractivity contribution in [3.05, 3.63) is 58.5 Å². The fourth-order valence-electron chi connectivity index (χ4n) is 2.65. The van der Waals surface area contributed by atoms with Gasteiger partial charge in [-0.2, -0.15) is 0 Å². The van der Waals surface area contributed by atoms with Crippen LogP contribution in [0.2, 0.25) is 0 Å². The molecule has 25 heavy (non-hydrogen) atoms. The molecule has 0 bridgehead atoms. The van der Waals surface area contributed by atoms with Gasteiger partial charge in [-0.1, -0.05) is 36.4 Å². The Labute approximate surface area is 155 Å². The number of thiophene rings is 1. The number of rotatable bonds is 3. The molecule has 0 saturated heterocycles. The number of fused-ring (bicyclic) bond motifs is 1. The van der Waals surface area contributed by atoms with E-state index in [1.165, 1.54) is 18.4 Å². The van der Waals surface area contributed by atoms with Crippen LogP contribution < -0.4 is 10.6 Å². The molecule has 2 aromatic carbocycles. The predicted octanol–water partition coefficient (Wildman–Crippen LogP) is 5.11. The molecule has 0 radical (unpaired) electrons. The normalized spacial score (nSPS) is 10.5. The van der Waals surface area contributed by atoms with E-state index in [-0.39, 0.29) is 5.97 Å². The lowest BCUT2D eigenvalue weighted by atomic mass is 10.1. The summed E-state index contributed by atoms with van der Waals surface area (Å²) in [7, 11) is 1.38. The number of anilines is 2. The molecule has 0 atom stereocenters. The van der Waals surface area contributed by atoms with Crippen LogP contribution in [-0.2, 0) is 4.74 Å². The molecule has 0 aliphatic rings. The Morgan fingerprint density at radius 1 is 1.08 bits per heavy atom. The quantitative estimate of drug-likeness (QED) is 0.495. The van der Waals surface area contributed by atoms with Gasteiger partial charge in [0.1, 0.15) is 5.00 Å². The topological polar surface area (TPSA) is 50.4 Å². The lowest BCUT2D eigenvalue weighted by Crippen LogP contribution is -2.20. The summed E-state index contributed by atoms with van der Waals surface area (Å²) in [5, 5.41) is 9.70. The Bertz CT molecular complexity index is 958. The van der Waals surface area contributed by atoms with Crippen molar-refractivity contribution in [2.24, 2.45) is 0 Å². The fourth-order valence-corrected chi connectivity index (χ4v) is 3.98. The van der Waals surface area contributed by atoms with Crippen LogP contribution in [0.4, 0.5) is 10.7 Å². The average Bonchev–Trinajstić information content (AvgIpc) is 2.88. The summed E-state index contributed by atoms with van der Waals surface area (Å²) >= 11 is 6.94. The number of thiocarbonyl (C=S) groups is 1. The van der Waals surface area contributed by atoms with E-state index in [0.29, 0.717) is 15.7 Å². The highest BCUT2D eigenvalue weighted by Gasteiger charge is 2.20. The Morgan fingerprint density at radius 3 is 2.56 bits per heavy atom. The molecular formula is C19H18N2O2S2. The fraction of sp³-hybridized carbons (Fsp3) is 0.158. The van der Waals surface area contributed by atoms with Crippen molar-refractivity contribution in [1.29, 1.82) is 0 Å². The van der Waals surface area contributed by atoms with Crippen molar-refractivity contribution in [3.63, 3.8) is 0 Å². The third kappa shape index (κ3) is 3.50. The second kappa shape index (κ2) is 7.21. The molecule has 0 fully saturated rings. The zero-order valence-electron chi connectivity index (χ0n) is 14.2. The van der Waals surface area contributed by atoms with Crippen LogP contribution in [-0.4, -0.2) is 18.2 Å². The van der Waals surface area contributed by atoms with E-state index < -0.39 is 0 Å². The summed E-state index contributed by atoms with van der Waals surface area (Å²) in [5.74, 6) is -0.364.